The van der Waals surface area contributed by atoms with Crippen molar-refractivity contribution in [2.24, 2.45) is 0 Å². The lowest BCUT2D eigenvalue weighted by Gasteiger charge is -2.44. The molecule has 1 aliphatic rings. The zero-order chi connectivity index (χ0) is 20.5. The van der Waals surface area contributed by atoms with Crippen molar-refractivity contribution in [2.75, 3.05) is 13.7 Å². The Morgan fingerprint density at radius 1 is 1.19 bits per heavy atom. The maximum atomic E-state index is 11.9. The molecule has 0 saturated carbocycles. The highest BCUT2D eigenvalue weighted by Crippen LogP contribution is 2.37. The third-order valence-electron chi connectivity index (χ3n) is 4.90. The molecule has 1 amide bonds. The predicted molar refractivity (Wildman–Crippen MR) is 103 cm³/mol. The second-order valence-corrected chi connectivity index (χ2v) is 14.9. The van der Waals surface area contributed by atoms with E-state index in [-0.39, 0.29) is 11.6 Å². The first-order chi connectivity index (χ1) is 11.6. The van der Waals surface area contributed by atoms with E-state index in [9.17, 15) is 15.0 Å². The summed E-state index contributed by atoms with van der Waals surface area (Å²) in [4.78, 5) is 11.9. The van der Waals surface area contributed by atoms with Crippen molar-refractivity contribution in [3.05, 3.63) is 0 Å². The van der Waals surface area contributed by atoms with Crippen LogP contribution in [0, 0.1) is 0 Å². The molecule has 0 aromatic carbocycles. The first-order valence-electron chi connectivity index (χ1n) is 8.18. The van der Waals surface area contributed by atoms with Gasteiger partial charge in [-0.3, -0.25) is 4.79 Å². The van der Waals surface area contributed by atoms with Gasteiger partial charge in [-0.1, -0.05) is 55.6 Å². The first kappa shape index (κ1) is 24.4. The molecule has 154 valence electrons. The summed E-state index contributed by atoms with van der Waals surface area (Å²) < 4.78 is 14.7. The molecule has 0 unspecified atom stereocenters. The number of amides is 1. The molecule has 3 N–H and O–H groups in total. The largest absolute Gasteiger partial charge is 0.414 e. The number of carbonyl (C=O) groups is 1. The zero-order valence-corrected chi connectivity index (χ0v) is 19.0. The standard InChI is InChI=1S/C15H28Cl3NO6Si/c1-14(2,3)26(5,6)24-7-8-10(20)11(21)9(12(23-4)25-8)19-13(22)15(16,17)18/h8-12,20-21H,7H2,1-6H3,(H,19,22)/t8-,9-,10-,11+,12+/m1/s1. The average Bonchev–Trinajstić information content (AvgIpc) is 2.48. The first-order valence-corrected chi connectivity index (χ1v) is 12.2. The molecule has 26 heavy (non-hydrogen) atoms. The Morgan fingerprint density at radius 2 is 1.73 bits per heavy atom. The second-order valence-electron chi connectivity index (χ2n) is 7.83. The van der Waals surface area contributed by atoms with Gasteiger partial charge in [0.1, 0.15) is 24.4 Å². The lowest BCUT2D eigenvalue weighted by Crippen LogP contribution is -2.66. The summed E-state index contributed by atoms with van der Waals surface area (Å²) in [6.07, 6.45) is -4.58. The summed E-state index contributed by atoms with van der Waals surface area (Å²) in [5, 5.41) is 23.1. The van der Waals surface area contributed by atoms with Crippen molar-refractivity contribution in [2.45, 2.75) is 73.3 Å². The summed E-state index contributed by atoms with van der Waals surface area (Å²) in [6.45, 7) is 10.5. The Hall–Kier alpha value is 0.357. The number of aliphatic hydroxyl groups excluding tert-OH is 2. The van der Waals surface area contributed by atoms with E-state index >= 15 is 0 Å². The predicted octanol–water partition coefficient (Wildman–Crippen LogP) is 1.96. The van der Waals surface area contributed by atoms with E-state index in [0.29, 0.717) is 0 Å². The molecule has 1 aliphatic heterocycles. The third kappa shape index (κ3) is 5.92. The Labute approximate surface area is 170 Å². The second kappa shape index (κ2) is 8.80. The van der Waals surface area contributed by atoms with Crippen LogP contribution in [0.5, 0.6) is 0 Å². The molecule has 0 aromatic heterocycles. The number of aliphatic hydroxyl groups is 2. The number of alkyl halides is 3. The molecule has 0 radical (unpaired) electrons. The highest BCUT2D eigenvalue weighted by atomic mass is 35.6. The van der Waals surface area contributed by atoms with Crippen LogP contribution in [0.15, 0.2) is 0 Å². The minimum absolute atomic E-state index is 0.0211. The van der Waals surface area contributed by atoms with Gasteiger partial charge in [0.05, 0.1) is 6.61 Å². The molecule has 11 heteroatoms. The molecule has 0 spiro atoms. The molecule has 1 rings (SSSR count). The van der Waals surface area contributed by atoms with Crippen LogP contribution in [0.25, 0.3) is 0 Å². The molecule has 1 fully saturated rings. The van der Waals surface area contributed by atoms with Gasteiger partial charge >= 0.3 is 0 Å². The third-order valence-corrected chi connectivity index (χ3v) is 9.92. The normalized spacial score (nSPS) is 31.0. The van der Waals surface area contributed by atoms with Gasteiger partial charge in [0.2, 0.25) is 0 Å². The van der Waals surface area contributed by atoms with Crippen molar-refractivity contribution < 1.29 is 28.9 Å². The van der Waals surface area contributed by atoms with Gasteiger partial charge in [-0.15, -0.1) is 0 Å². The van der Waals surface area contributed by atoms with Crippen LogP contribution in [0.4, 0.5) is 0 Å². The minimum atomic E-state index is -2.22. The number of ether oxygens (including phenoxy) is 2. The van der Waals surface area contributed by atoms with E-state index in [0.717, 1.165) is 0 Å². The lowest BCUT2D eigenvalue weighted by atomic mass is 9.97. The Morgan fingerprint density at radius 3 is 2.15 bits per heavy atom. The van der Waals surface area contributed by atoms with Crippen LogP contribution >= 0.6 is 34.8 Å². The molecule has 1 heterocycles. The maximum absolute atomic E-state index is 11.9. The summed E-state index contributed by atoms with van der Waals surface area (Å²) in [7, 11) is -0.734. The molecule has 1 saturated heterocycles. The molecule has 5 atom stereocenters. The van der Waals surface area contributed by atoms with E-state index < -0.39 is 48.7 Å². The van der Waals surface area contributed by atoms with Gasteiger partial charge in [-0.05, 0) is 18.1 Å². The molecular weight excluding hydrogens is 425 g/mol. The fourth-order valence-electron chi connectivity index (χ4n) is 2.16. The number of methoxy groups -OCH3 is 1. The van der Waals surface area contributed by atoms with Gasteiger partial charge in [-0.25, -0.2) is 0 Å². The van der Waals surface area contributed by atoms with Gasteiger partial charge < -0.3 is 29.4 Å². The monoisotopic (exact) mass is 451 g/mol. The molecule has 0 aromatic rings. The van der Waals surface area contributed by atoms with Gasteiger partial charge in [0.15, 0.2) is 14.6 Å². The summed E-state index contributed by atoms with van der Waals surface area (Å²) in [6, 6.07) is -1.11. The summed E-state index contributed by atoms with van der Waals surface area (Å²) in [5.41, 5.74) is 0. The molecule has 7 nitrogen and oxygen atoms in total. The fraction of sp³-hybridized carbons (Fsp3) is 0.933. The van der Waals surface area contributed by atoms with Crippen molar-refractivity contribution in [1.82, 2.24) is 5.32 Å². The maximum Gasteiger partial charge on any atom is 0.272 e. The van der Waals surface area contributed by atoms with E-state index in [1.807, 2.05) is 0 Å². The van der Waals surface area contributed by atoms with Crippen molar-refractivity contribution in [1.29, 1.82) is 0 Å². The Bertz CT molecular complexity index is 495. The van der Waals surface area contributed by atoms with Crippen LogP contribution in [0.3, 0.4) is 0 Å². The van der Waals surface area contributed by atoms with Crippen LogP contribution in [-0.4, -0.2) is 72.6 Å². The highest BCUT2D eigenvalue weighted by Gasteiger charge is 2.48. The smallest absolute Gasteiger partial charge is 0.272 e. The molecule has 0 bridgehead atoms. The van der Waals surface area contributed by atoms with Crippen molar-refractivity contribution in [3.8, 4) is 0 Å². The van der Waals surface area contributed by atoms with E-state index in [1.165, 1.54) is 7.11 Å². The zero-order valence-electron chi connectivity index (χ0n) is 15.8. The minimum Gasteiger partial charge on any atom is -0.414 e. The van der Waals surface area contributed by atoms with Crippen molar-refractivity contribution in [3.63, 3.8) is 0 Å². The van der Waals surface area contributed by atoms with Crippen LogP contribution < -0.4 is 5.32 Å². The lowest BCUT2D eigenvalue weighted by molar-refractivity contribution is -0.261. The number of halogens is 3. The van der Waals surface area contributed by atoms with E-state index in [2.05, 4.69) is 39.2 Å². The van der Waals surface area contributed by atoms with Crippen LogP contribution in [0.1, 0.15) is 20.8 Å². The van der Waals surface area contributed by atoms with Gasteiger partial charge in [0.25, 0.3) is 9.70 Å². The van der Waals surface area contributed by atoms with E-state index in [1.54, 1.807) is 0 Å². The van der Waals surface area contributed by atoms with Gasteiger partial charge in [-0.2, -0.15) is 0 Å². The Kier molecular flexibility index (Phi) is 8.25. The van der Waals surface area contributed by atoms with Gasteiger partial charge in [0, 0.05) is 7.11 Å². The highest BCUT2D eigenvalue weighted by molar-refractivity contribution is 6.76. The summed E-state index contributed by atoms with van der Waals surface area (Å²) in [5.74, 6) is -0.958. The molecular formula is C15H28Cl3NO6Si. The topological polar surface area (TPSA) is 97.2 Å². The average molecular weight is 453 g/mol. The number of hydrogen-bond donors (Lipinski definition) is 3. The fourth-order valence-corrected chi connectivity index (χ4v) is 3.34. The number of carbonyl (C=O) groups excluding carboxylic acids is 1. The number of rotatable bonds is 5. The van der Waals surface area contributed by atoms with E-state index in [4.69, 9.17) is 48.7 Å². The molecule has 0 aliphatic carbocycles. The number of nitrogens with one attached hydrogen (secondary N) is 1. The Balaban J connectivity index is 2.84. The van der Waals surface area contributed by atoms with Crippen molar-refractivity contribution >= 4 is 49.0 Å². The SMILES string of the molecule is CO[C@H]1O[C@H](CO[Si](C)(C)C(C)(C)C)[C@@H](O)[C@@H](O)[C@H]1NC(=O)C(Cl)(Cl)Cl. The summed E-state index contributed by atoms with van der Waals surface area (Å²) >= 11 is 16.6. The van der Waals surface area contributed by atoms with Crippen LogP contribution in [-0.2, 0) is 18.7 Å². The number of hydrogen-bond acceptors (Lipinski definition) is 6. The van der Waals surface area contributed by atoms with Crippen LogP contribution in [0.2, 0.25) is 18.1 Å². The quantitative estimate of drug-likeness (QED) is 0.436.